The standard InChI is InChI=1S/C18H22N4O2S/c1-11-14(12(2)21-18(20-11)25-3)9-10-15(23)22-16(17(19)24)13-7-5-4-6-8-13/h4-8,16H,9-10H2,1-3H3,(H2,19,24)(H,22,23). The lowest BCUT2D eigenvalue weighted by Gasteiger charge is -2.16. The Hall–Kier alpha value is -2.41. The van der Waals surface area contributed by atoms with Crippen LogP contribution in [0.15, 0.2) is 35.5 Å². The van der Waals surface area contributed by atoms with E-state index in [9.17, 15) is 9.59 Å². The first-order valence-corrected chi connectivity index (χ1v) is 9.16. The maximum absolute atomic E-state index is 12.3. The third-order valence-corrected chi connectivity index (χ3v) is 4.46. The van der Waals surface area contributed by atoms with Crippen molar-refractivity contribution in [1.29, 1.82) is 0 Å². The van der Waals surface area contributed by atoms with Crippen molar-refractivity contribution < 1.29 is 9.59 Å². The predicted molar refractivity (Wildman–Crippen MR) is 98.1 cm³/mol. The Morgan fingerprint density at radius 1 is 1.16 bits per heavy atom. The van der Waals surface area contributed by atoms with Gasteiger partial charge in [0.15, 0.2) is 5.16 Å². The number of hydrogen-bond donors (Lipinski definition) is 2. The summed E-state index contributed by atoms with van der Waals surface area (Å²) in [6, 6.07) is 8.14. The zero-order valence-electron chi connectivity index (χ0n) is 14.6. The van der Waals surface area contributed by atoms with E-state index >= 15 is 0 Å². The zero-order chi connectivity index (χ0) is 18.4. The first kappa shape index (κ1) is 18.9. The summed E-state index contributed by atoms with van der Waals surface area (Å²) in [6.45, 7) is 3.83. The van der Waals surface area contributed by atoms with Crippen molar-refractivity contribution in [2.24, 2.45) is 5.73 Å². The maximum Gasteiger partial charge on any atom is 0.244 e. The van der Waals surface area contributed by atoms with E-state index in [0.29, 0.717) is 12.0 Å². The van der Waals surface area contributed by atoms with Gasteiger partial charge in [0.1, 0.15) is 6.04 Å². The number of nitrogens with two attached hydrogens (primary N) is 1. The Morgan fingerprint density at radius 3 is 2.28 bits per heavy atom. The minimum atomic E-state index is -0.828. The zero-order valence-corrected chi connectivity index (χ0v) is 15.4. The Labute approximate surface area is 151 Å². The second-order valence-electron chi connectivity index (χ2n) is 5.67. The van der Waals surface area contributed by atoms with Gasteiger partial charge in [0.05, 0.1) is 0 Å². The number of amides is 2. The molecule has 0 aliphatic carbocycles. The summed E-state index contributed by atoms with van der Waals surface area (Å²) in [5.41, 5.74) is 8.81. The molecule has 132 valence electrons. The number of nitrogens with one attached hydrogen (secondary N) is 1. The smallest absolute Gasteiger partial charge is 0.244 e. The van der Waals surface area contributed by atoms with E-state index in [0.717, 1.165) is 22.1 Å². The molecule has 0 bridgehead atoms. The fourth-order valence-corrected chi connectivity index (χ4v) is 3.05. The van der Waals surface area contributed by atoms with E-state index in [1.54, 1.807) is 24.3 Å². The van der Waals surface area contributed by atoms with Gasteiger partial charge < -0.3 is 11.1 Å². The van der Waals surface area contributed by atoms with Gasteiger partial charge in [-0.1, -0.05) is 42.1 Å². The van der Waals surface area contributed by atoms with Crippen molar-refractivity contribution in [2.75, 3.05) is 6.26 Å². The molecule has 25 heavy (non-hydrogen) atoms. The van der Waals surface area contributed by atoms with Crippen LogP contribution in [-0.2, 0) is 16.0 Å². The van der Waals surface area contributed by atoms with E-state index in [1.165, 1.54) is 11.8 Å². The van der Waals surface area contributed by atoms with Gasteiger partial charge in [-0.3, -0.25) is 9.59 Å². The average Bonchev–Trinajstić information content (AvgIpc) is 2.59. The summed E-state index contributed by atoms with van der Waals surface area (Å²) < 4.78 is 0. The summed E-state index contributed by atoms with van der Waals surface area (Å²) in [4.78, 5) is 32.8. The molecular formula is C18H22N4O2S. The van der Waals surface area contributed by atoms with Crippen LogP contribution in [0.5, 0.6) is 0 Å². The molecule has 0 radical (unpaired) electrons. The third kappa shape index (κ3) is 5.03. The molecule has 2 rings (SSSR count). The number of carbonyl (C=O) groups excluding carboxylic acids is 2. The molecule has 0 spiro atoms. The molecular weight excluding hydrogens is 336 g/mol. The van der Waals surface area contributed by atoms with Crippen LogP contribution in [-0.4, -0.2) is 28.0 Å². The Balaban J connectivity index is 2.04. The van der Waals surface area contributed by atoms with Crippen LogP contribution in [0.3, 0.4) is 0 Å². The van der Waals surface area contributed by atoms with E-state index in [1.807, 2.05) is 26.2 Å². The molecule has 6 nitrogen and oxygen atoms in total. The highest BCUT2D eigenvalue weighted by atomic mass is 32.2. The largest absolute Gasteiger partial charge is 0.368 e. The monoisotopic (exact) mass is 358 g/mol. The van der Waals surface area contributed by atoms with E-state index in [4.69, 9.17) is 5.73 Å². The average molecular weight is 358 g/mol. The minimum Gasteiger partial charge on any atom is -0.368 e. The highest BCUT2D eigenvalue weighted by Gasteiger charge is 2.20. The Morgan fingerprint density at radius 2 is 1.76 bits per heavy atom. The van der Waals surface area contributed by atoms with Gasteiger partial charge in [0, 0.05) is 17.8 Å². The van der Waals surface area contributed by atoms with Crippen molar-refractivity contribution in [3.63, 3.8) is 0 Å². The molecule has 0 saturated heterocycles. The third-order valence-electron chi connectivity index (χ3n) is 3.91. The molecule has 7 heteroatoms. The van der Waals surface area contributed by atoms with Crippen LogP contribution in [0.2, 0.25) is 0 Å². The number of benzene rings is 1. The summed E-state index contributed by atoms with van der Waals surface area (Å²) >= 11 is 1.49. The molecule has 1 heterocycles. The second-order valence-corrected chi connectivity index (χ2v) is 6.45. The van der Waals surface area contributed by atoms with Gasteiger partial charge in [-0.05, 0) is 37.7 Å². The van der Waals surface area contributed by atoms with Crippen molar-refractivity contribution in [1.82, 2.24) is 15.3 Å². The number of nitrogens with zero attached hydrogens (tertiary/aromatic N) is 2. The van der Waals surface area contributed by atoms with Crippen molar-refractivity contribution >= 4 is 23.6 Å². The van der Waals surface area contributed by atoms with Gasteiger partial charge in [-0.25, -0.2) is 9.97 Å². The fraction of sp³-hybridized carbons (Fsp3) is 0.333. The first-order valence-electron chi connectivity index (χ1n) is 7.94. The molecule has 0 saturated carbocycles. The number of aryl methyl sites for hydroxylation is 2. The maximum atomic E-state index is 12.3. The fourth-order valence-electron chi connectivity index (χ4n) is 2.60. The van der Waals surface area contributed by atoms with E-state index in [-0.39, 0.29) is 12.3 Å². The highest BCUT2D eigenvalue weighted by molar-refractivity contribution is 7.98. The van der Waals surface area contributed by atoms with Crippen LogP contribution >= 0.6 is 11.8 Å². The van der Waals surface area contributed by atoms with Crippen molar-refractivity contribution in [3.8, 4) is 0 Å². The molecule has 3 N–H and O–H groups in total. The molecule has 0 aliphatic rings. The SMILES string of the molecule is CSc1nc(C)c(CCC(=O)NC(C(N)=O)c2ccccc2)c(C)n1. The lowest BCUT2D eigenvalue weighted by atomic mass is 10.0. The number of hydrogen-bond acceptors (Lipinski definition) is 5. The molecule has 1 atom stereocenters. The van der Waals surface area contributed by atoms with Crippen molar-refractivity contribution in [2.45, 2.75) is 37.9 Å². The molecule has 2 aromatic rings. The normalized spacial score (nSPS) is 11.8. The summed E-state index contributed by atoms with van der Waals surface area (Å²) in [7, 11) is 0. The van der Waals surface area contributed by atoms with Gasteiger partial charge in [-0.2, -0.15) is 0 Å². The number of rotatable bonds is 7. The molecule has 1 aromatic heterocycles. The summed E-state index contributed by atoms with van der Waals surface area (Å²) in [5, 5.41) is 3.43. The lowest BCUT2D eigenvalue weighted by Crippen LogP contribution is -2.37. The van der Waals surface area contributed by atoms with Gasteiger partial charge >= 0.3 is 0 Å². The number of primary amides is 1. The number of carbonyl (C=O) groups is 2. The lowest BCUT2D eigenvalue weighted by molar-refractivity contribution is -0.127. The minimum absolute atomic E-state index is 0.236. The van der Waals surface area contributed by atoms with Crippen LogP contribution in [0.4, 0.5) is 0 Å². The summed E-state index contributed by atoms with van der Waals surface area (Å²) in [5.74, 6) is -0.819. The van der Waals surface area contributed by atoms with Gasteiger partial charge in [0.25, 0.3) is 0 Å². The van der Waals surface area contributed by atoms with E-state index < -0.39 is 11.9 Å². The van der Waals surface area contributed by atoms with Gasteiger partial charge in [-0.15, -0.1) is 0 Å². The topological polar surface area (TPSA) is 98.0 Å². The number of aromatic nitrogens is 2. The highest BCUT2D eigenvalue weighted by Crippen LogP contribution is 2.18. The van der Waals surface area contributed by atoms with Crippen LogP contribution in [0.25, 0.3) is 0 Å². The molecule has 1 aromatic carbocycles. The predicted octanol–water partition coefficient (Wildman–Crippen LogP) is 2.09. The van der Waals surface area contributed by atoms with Crippen LogP contribution in [0.1, 0.15) is 35.0 Å². The Bertz CT molecular complexity index is 742. The number of thioether (sulfide) groups is 1. The summed E-state index contributed by atoms with van der Waals surface area (Å²) in [6.07, 6.45) is 2.67. The molecule has 1 unspecified atom stereocenters. The Kier molecular flexibility index (Phi) is 6.52. The first-order chi connectivity index (χ1) is 11.9. The van der Waals surface area contributed by atoms with Crippen LogP contribution < -0.4 is 11.1 Å². The van der Waals surface area contributed by atoms with E-state index in [2.05, 4.69) is 15.3 Å². The second kappa shape index (κ2) is 8.62. The molecule has 0 aliphatic heterocycles. The van der Waals surface area contributed by atoms with Crippen LogP contribution in [0, 0.1) is 13.8 Å². The van der Waals surface area contributed by atoms with Gasteiger partial charge in [0.2, 0.25) is 11.8 Å². The molecule has 2 amide bonds. The quantitative estimate of drug-likeness (QED) is 0.583. The van der Waals surface area contributed by atoms with Crippen molar-refractivity contribution in [3.05, 3.63) is 52.8 Å². The molecule has 0 fully saturated rings.